The Morgan fingerprint density at radius 2 is 1.69 bits per heavy atom. The number of aliphatic carboxylic acids is 1. The average Bonchev–Trinajstić information content (AvgIpc) is 3.30. The van der Waals surface area contributed by atoms with Crippen LogP contribution < -0.4 is 9.47 Å². The van der Waals surface area contributed by atoms with Crippen LogP contribution in [0.4, 0.5) is 0 Å². The standard InChI is InChI=1S/C25H22ClNO5/c1-31-22-10-4-5-11-23(22)32-21-13-12-16(15-18(21)17-7-2-3-8-19(17)26)24(28)27-14-6-9-20(27)25(29)30/h2-5,7-8,10-13,15,20H,6,9,14H2,1H3,(H,29,30). The summed E-state index contributed by atoms with van der Waals surface area (Å²) < 4.78 is 11.5. The van der Waals surface area contributed by atoms with Crippen molar-refractivity contribution < 1.29 is 24.2 Å². The number of carbonyl (C=O) groups is 2. The van der Waals surface area contributed by atoms with E-state index in [1.807, 2.05) is 30.3 Å². The van der Waals surface area contributed by atoms with E-state index in [1.165, 1.54) is 4.90 Å². The number of likely N-dealkylation sites (tertiary alicyclic amines) is 1. The number of rotatable bonds is 6. The summed E-state index contributed by atoms with van der Waals surface area (Å²) in [6.45, 7) is 0.413. The molecular formula is C25H22ClNO5. The Bertz CT molecular complexity index is 1160. The maximum absolute atomic E-state index is 13.2. The summed E-state index contributed by atoms with van der Waals surface area (Å²) in [5.74, 6) is 0.271. The summed E-state index contributed by atoms with van der Waals surface area (Å²) in [7, 11) is 1.56. The molecule has 0 spiro atoms. The van der Waals surface area contributed by atoms with Crippen molar-refractivity contribution in [2.24, 2.45) is 0 Å². The zero-order valence-electron chi connectivity index (χ0n) is 17.5. The number of nitrogens with zero attached hydrogens (tertiary/aromatic N) is 1. The first kappa shape index (κ1) is 21.7. The molecule has 0 aliphatic carbocycles. The van der Waals surface area contributed by atoms with E-state index in [2.05, 4.69) is 0 Å². The Hall–Kier alpha value is -3.51. The molecule has 1 amide bonds. The van der Waals surface area contributed by atoms with Crippen LogP contribution in [-0.4, -0.2) is 41.6 Å². The van der Waals surface area contributed by atoms with Gasteiger partial charge in [0.25, 0.3) is 5.91 Å². The van der Waals surface area contributed by atoms with Crippen molar-refractivity contribution >= 4 is 23.5 Å². The zero-order valence-corrected chi connectivity index (χ0v) is 18.2. The number of benzene rings is 3. The second-order valence-corrected chi connectivity index (χ2v) is 7.85. The lowest BCUT2D eigenvalue weighted by Crippen LogP contribution is -2.40. The van der Waals surface area contributed by atoms with Gasteiger partial charge in [0, 0.05) is 28.3 Å². The van der Waals surface area contributed by atoms with Gasteiger partial charge in [-0.15, -0.1) is 0 Å². The van der Waals surface area contributed by atoms with Crippen molar-refractivity contribution in [1.82, 2.24) is 4.90 Å². The molecule has 7 heteroatoms. The molecule has 1 aliphatic heterocycles. The van der Waals surface area contributed by atoms with Crippen LogP contribution in [0.25, 0.3) is 11.1 Å². The summed E-state index contributed by atoms with van der Waals surface area (Å²) in [5.41, 5.74) is 1.70. The molecule has 3 aromatic carbocycles. The van der Waals surface area contributed by atoms with Gasteiger partial charge in [0.05, 0.1) is 7.11 Å². The number of carboxylic acid groups (broad SMARTS) is 1. The molecule has 0 saturated carbocycles. The Labute approximate surface area is 191 Å². The Kier molecular flexibility index (Phi) is 6.32. The molecule has 1 N–H and O–H groups in total. The van der Waals surface area contributed by atoms with Crippen LogP contribution in [0.5, 0.6) is 17.2 Å². The van der Waals surface area contributed by atoms with E-state index >= 15 is 0 Å². The highest BCUT2D eigenvalue weighted by molar-refractivity contribution is 6.33. The van der Waals surface area contributed by atoms with E-state index in [1.54, 1.807) is 43.5 Å². The van der Waals surface area contributed by atoms with Gasteiger partial charge in [0.1, 0.15) is 11.8 Å². The van der Waals surface area contributed by atoms with Gasteiger partial charge in [0.15, 0.2) is 11.5 Å². The smallest absolute Gasteiger partial charge is 0.326 e. The largest absolute Gasteiger partial charge is 0.493 e. The Balaban J connectivity index is 1.77. The molecule has 164 valence electrons. The van der Waals surface area contributed by atoms with E-state index in [0.717, 1.165) is 0 Å². The van der Waals surface area contributed by atoms with E-state index in [9.17, 15) is 14.7 Å². The highest BCUT2D eigenvalue weighted by atomic mass is 35.5. The zero-order chi connectivity index (χ0) is 22.7. The van der Waals surface area contributed by atoms with Crippen LogP contribution in [0.3, 0.4) is 0 Å². The maximum atomic E-state index is 13.2. The van der Waals surface area contributed by atoms with Gasteiger partial charge in [-0.2, -0.15) is 0 Å². The molecule has 0 bridgehead atoms. The minimum Gasteiger partial charge on any atom is -0.493 e. The predicted octanol–water partition coefficient (Wildman–Crippen LogP) is 5.50. The van der Waals surface area contributed by atoms with Crippen LogP contribution in [-0.2, 0) is 4.79 Å². The second-order valence-electron chi connectivity index (χ2n) is 7.44. The topological polar surface area (TPSA) is 76.1 Å². The van der Waals surface area contributed by atoms with Crippen LogP contribution in [0.2, 0.25) is 5.02 Å². The lowest BCUT2D eigenvalue weighted by molar-refractivity contribution is -0.141. The first-order valence-corrected chi connectivity index (χ1v) is 10.6. The number of hydrogen-bond acceptors (Lipinski definition) is 4. The Morgan fingerprint density at radius 1 is 0.969 bits per heavy atom. The first-order chi connectivity index (χ1) is 15.5. The third-order valence-electron chi connectivity index (χ3n) is 5.48. The molecule has 6 nitrogen and oxygen atoms in total. The SMILES string of the molecule is COc1ccccc1Oc1ccc(C(=O)N2CCCC2C(=O)O)cc1-c1ccccc1Cl. The van der Waals surface area contributed by atoms with E-state index in [0.29, 0.717) is 58.3 Å². The fourth-order valence-electron chi connectivity index (χ4n) is 3.90. The molecule has 4 rings (SSSR count). The lowest BCUT2D eigenvalue weighted by Gasteiger charge is -2.22. The molecule has 1 fully saturated rings. The van der Waals surface area contributed by atoms with Gasteiger partial charge in [-0.3, -0.25) is 4.79 Å². The van der Waals surface area contributed by atoms with Gasteiger partial charge in [-0.05, 0) is 49.2 Å². The summed E-state index contributed by atoms with van der Waals surface area (Å²) >= 11 is 6.46. The van der Waals surface area contributed by atoms with Crippen molar-refractivity contribution in [3.8, 4) is 28.4 Å². The molecule has 1 saturated heterocycles. The van der Waals surface area contributed by atoms with Gasteiger partial charge in [0.2, 0.25) is 0 Å². The highest BCUT2D eigenvalue weighted by Gasteiger charge is 2.34. The van der Waals surface area contributed by atoms with Crippen molar-refractivity contribution in [3.63, 3.8) is 0 Å². The molecule has 0 aromatic heterocycles. The van der Waals surface area contributed by atoms with Gasteiger partial charge < -0.3 is 19.5 Å². The van der Waals surface area contributed by atoms with Crippen molar-refractivity contribution in [2.45, 2.75) is 18.9 Å². The summed E-state index contributed by atoms with van der Waals surface area (Å²) in [6, 6.07) is 18.8. The van der Waals surface area contributed by atoms with E-state index < -0.39 is 12.0 Å². The van der Waals surface area contributed by atoms with Crippen LogP contribution in [0, 0.1) is 0 Å². The average molecular weight is 452 g/mol. The number of halogens is 1. The van der Waals surface area contributed by atoms with Crippen molar-refractivity contribution in [1.29, 1.82) is 0 Å². The normalized spacial score (nSPS) is 15.4. The number of carboxylic acids is 1. The van der Waals surface area contributed by atoms with Gasteiger partial charge in [-0.1, -0.05) is 41.9 Å². The summed E-state index contributed by atoms with van der Waals surface area (Å²) in [4.78, 5) is 26.1. The molecule has 0 radical (unpaired) electrons. The maximum Gasteiger partial charge on any atom is 0.326 e. The number of hydrogen-bond donors (Lipinski definition) is 1. The molecular weight excluding hydrogens is 430 g/mol. The molecule has 1 aliphatic rings. The third kappa shape index (κ3) is 4.27. The minimum atomic E-state index is -0.988. The van der Waals surface area contributed by atoms with Crippen molar-refractivity contribution in [3.05, 3.63) is 77.3 Å². The lowest BCUT2D eigenvalue weighted by atomic mass is 10.0. The first-order valence-electron chi connectivity index (χ1n) is 10.2. The Morgan fingerprint density at radius 3 is 2.41 bits per heavy atom. The quantitative estimate of drug-likeness (QED) is 0.535. The fourth-order valence-corrected chi connectivity index (χ4v) is 4.13. The number of para-hydroxylation sites is 2. The fraction of sp³-hybridized carbons (Fsp3) is 0.200. The van der Waals surface area contributed by atoms with Gasteiger partial charge in [-0.25, -0.2) is 4.79 Å². The molecule has 32 heavy (non-hydrogen) atoms. The van der Waals surface area contributed by atoms with E-state index in [-0.39, 0.29) is 5.91 Å². The monoisotopic (exact) mass is 451 g/mol. The van der Waals surface area contributed by atoms with Crippen LogP contribution in [0.15, 0.2) is 66.7 Å². The predicted molar refractivity (Wildman–Crippen MR) is 122 cm³/mol. The van der Waals surface area contributed by atoms with Gasteiger partial charge >= 0.3 is 5.97 Å². The molecule has 1 heterocycles. The highest BCUT2D eigenvalue weighted by Crippen LogP contribution is 2.40. The second kappa shape index (κ2) is 9.32. The minimum absolute atomic E-state index is 0.327. The van der Waals surface area contributed by atoms with Crippen LogP contribution in [0.1, 0.15) is 23.2 Å². The van der Waals surface area contributed by atoms with Crippen LogP contribution >= 0.6 is 11.6 Å². The molecule has 3 aromatic rings. The number of ether oxygens (including phenoxy) is 2. The summed E-state index contributed by atoms with van der Waals surface area (Å²) in [5, 5.41) is 9.97. The molecule has 1 unspecified atom stereocenters. The number of carbonyl (C=O) groups excluding carboxylic acids is 1. The third-order valence-corrected chi connectivity index (χ3v) is 5.81. The number of amides is 1. The van der Waals surface area contributed by atoms with Crippen molar-refractivity contribution in [2.75, 3.05) is 13.7 Å². The summed E-state index contributed by atoms with van der Waals surface area (Å²) in [6.07, 6.45) is 1.11. The number of methoxy groups -OCH3 is 1. The van der Waals surface area contributed by atoms with E-state index in [4.69, 9.17) is 21.1 Å². The molecule has 1 atom stereocenters.